The van der Waals surface area contributed by atoms with Crippen molar-refractivity contribution >= 4 is 43.1 Å². The summed E-state index contributed by atoms with van der Waals surface area (Å²) in [5, 5.41) is 14.6. The van der Waals surface area contributed by atoms with Crippen molar-refractivity contribution in [1.82, 2.24) is 14.9 Å². The van der Waals surface area contributed by atoms with Crippen LogP contribution in [0.3, 0.4) is 0 Å². The van der Waals surface area contributed by atoms with Crippen molar-refractivity contribution in [3.8, 4) is 17.2 Å². The van der Waals surface area contributed by atoms with E-state index in [1.54, 1.807) is 18.2 Å². The number of benzene rings is 3. The van der Waals surface area contributed by atoms with E-state index in [4.69, 9.17) is 0 Å². The summed E-state index contributed by atoms with van der Waals surface area (Å²) in [7, 11) is -4.88. The molecule has 0 spiro atoms. The molecule has 0 unspecified atom stereocenters. The summed E-state index contributed by atoms with van der Waals surface area (Å²) < 4.78 is 39.3. The molecule has 192 valence electrons. The third-order valence-electron chi connectivity index (χ3n) is 7.28. The van der Waals surface area contributed by atoms with Gasteiger partial charge >= 0.3 is 10.2 Å². The van der Waals surface area contributed by atoms with Crippen LogP contribution in [-0.2, 0) is 16.6 Å². The first-order valence-corrected chi connectivity index (χ1v) is 13.9. The van der Waals surface area contributed by atoms with Crippen molar-refractivity contribution in [2.45, 2.75) is 31.2 Å². The van der Waals surface area contributed by atoms with Crippen molar-refractivity contribution in [3.63, 3.8) is 0 Å². The maximum atomic E-state index is 14.0. The summed E-state index contributed by atoms with van der Waals surface area (Å²) >= 11 is 0. The summed E-state index contributed by atoms with van der Waals surface area (Å²) in [6.45, 7) is 5.60. The van der Waals surface area contributed by atoms with Crippen LogP contribution in [0.25, 0.3) is 44.0 Å². The number of halogens is 1. The Labute approximate surface area is 218 Å². The zero-order valence-electron chi connectivity index (χ0n) is 20.9. The summed E-state index contributed by atoms with van der Waals surface area (Å²) in [6.07, 6.45) is 0.653. The highest BCUT2D eigenvalue weighted by atomic mass is 32.3. The van der Waals surface area contributed by atoms with Crippen molar-refractivity contribution in [1.29, 1.82) is 5.26 Å². The topological polar surface area (TPSA) is 108 Å². The molecule has 2 N–H and O–H groups in total. The standard InChI is InChI=1S/C29H25FN4O3S/c1-16(2)8-19-11-24-26(12-23(19)18-4-3-5-21(10-18)38(30,36)37)34(20-14-32-15-20)29-27(28(24)35)22-7-6-17(13-31)9-25(22)33-29/h3-7,9-12,16,20,32-33H,8,14-15H2,1-2H3. The zero-order chi connectivity index (χ0) is 26.8. The van der Waals surface area contributed by atoms with Gasteiger partial charge in [0.05, 0.1) is 33.5 Å². The average Bonchev–Trinajstić information content (AvgIpc) is 3.23. The number of nitrogens with one attached hydrogen (secondary N) is 2. The fraction of sp³-hybridized carbons (Fsp3) is 0.241. The van der Waals surface area contributed by atoms with Crippen molar-refractivity contribution < 1.29 is 12.3 Å². The van der Waals surface area contributed by atoms with Gasteiger partial charge in [-0.1, -0.05) is 32.0 Å². The predicted molar refractivity (Wildman–Crippen MR) is 146 cm³/mol. The molecule has 1 fully saturated rings. The molecule has 9 heteroatoms. The molecule has 6 rings (SSSR count). The second-order valence-electron chi connectivity index (χ2n) is 10.3. The van der Waals surface area contributed by atoms with Gasteiger partial charge in [0.1, 0.15) is 5.65 Å². The second-order valence-corrected chi connectivity index (χ2v) is 11.7. The largest absolute Gasteiger partial charge is 0.340 e. The van der Waals surface area contributed by atoms with Gasteiger partial charge < -0.3 is 14.9 Å². The monoisotopic (exact) mass is 528 g/mol. The van der Waals surface area contributed by atoms with Gasteiger partial charge in [0.25, 0.3) is 0 Å². The van der Waals surface area contributed by atoms with Gasteiger partial charge in [-0.15, -0.1) is 3.89 Å². The molecule has 7 nitrogen and oxygen atoms in total. The van der Waals surface area contributed by atoms with E-state index >= 15 is 0 Å². The molecule has 0 amide bonds. The minimum absolute atomic E-state index is 0.0884. The Kier molecular flexibility index (Phi) is 5.63. The van der Waals surface area contributed by atoms with Crippen LogP contribution in [0, 0.1) is 17.2 Å². The van der Waals surface area contributed by atoms with Crippen LogP contribution in [-0.4, -0.2) is 31.1 Å². The third-order valence-corrected chi connectivity index (χ3v) is 8.10. The van der Waals surface area contributed by atoms with Crippen molar-refractivity contribution in [2.24, 2.45) is 5.92 Å². The predicted octanol–water partition coefficient (Wildman–Crippen LogP) is 5.18. The molecule has 2 aromatic heterocycles. The summed E-state index contributed by atoms with van der Waals surface area (Å²) in [6, 6.07) is 17.2. The number of hydrogen-bond acceptors (Lipinski definition) is 5. The number of nitriles is 1. The summed E-state index contributed by atoms with van der Waals surface area (Å²) in [5.41, 5.74) is 4.74. The zero-order valence-corrected chi connectivity index (χ0v) is 21.7. The maximum absolute atomic E-state index is 14.0. The fourth-order valence-corrected chi connectivity index (χ4v) is 5.97. The van der Waals surface area contributed by atoms with Gasteiger partial charge in [0.2, 0.25) is 0 Å². The van der Waals surface area contributed by atoms with Crippen LogP contribution in [0.15, 0.2) is 64.3 Å². The highest BCUT2D eigenvalue weighted by Crippen LogP contribution is 2.36. The first kappa shape index (κ1) is 24.3. The van der Waals surface area contributed by atoms with Gasteiger partial charge in [-0.05, 0) is 65.4 Å². The molecule has 38 heavy (non-hydrogen) atoms. The van der Waals surface area contributed by atoms with E-state index in [0.29, 0.717) is 34.0 Å². The Balaban J connectivity index is 1.74. The molecule has 3 aromatic carbocycles. The fourth-order valence-electron chi connectivity index (χ4n) is 5.46. The lowest BCUT2D eigenvalue weighted by Gasteiger charge is -2.32. The molecule has 1 aliphatic heterocycles. The van der Waals surface area contributed by atoms with Gasteiger partial charge in [-0.2, -0.15) is 13.7 Å². The minimum atomic E-state index is -4.88. The van der Waals surface area contributed by atoms with Crippen molar-refractivity contribution in [2.75, 3.05) is 13.1 Å². The summed E-state index contributed by atoms with van der Waals surface area (Å²) in [4.78, 5) is 17.0. The van der Waals surface area contributed by atoms with E-state index in [-0.39, 0.29) is 17.4 Å². The Bertz CT molecular complexity index is 1980. The van der Waals surface area contributed by atoms with Crippen LogP contribution in [0.5, 0.6) is 0 Å². The van der Waals surface area contributed by atoms with Crippen molar-refractivity contribution in [3.05, 3.63) is 75.9 Å². The SMILES string of the molecule is CC(C)Cc1cc2c(=O)c3c4ccc(C#N)cc4[nH]c3n(C3CNC3)c2cc1-c1cccc(S(=O)(=O)F)c1. The van der Waals surface area contributed by atoms with E-state index in [2.05, 4.69) is 34.8 Å². The van der Waals surface area contributed by atoms with Gasteiger partial charge in [-0.3, -0.25) is 4.79 Å². The molecule has 1 aliphatic rings. The number of rotatable bonds is 5. The van der Waals surface area contributed by atoms with Crippen LogP contribution in [0.2, 0.25) is 0 Å². The molecule has 0 radical (unpaired) electrons. The molecule has 3 heterocycles. The molecule has 1 saturated heterocycles. The first-order valence-electron chi connectivity index (χ1n) is 12.5. The summed E-state index contributed by atoms with van der Waals surface area (Å²) in [5.74, 6) is 0.263. The second kappa shape index (κ2) is 8.79. The molecule has 0 atom stereocenters. The minimum Gasteiger partial charge on any atom is -0.340 e. The molecular formula is C29H25FN4O3S. The number of aromatic amines is 1. The quantitative estimate of drug-likeness (QED) is 0.306. The first-order chi connectivity index (χ1) is 18.2. The normalized spacial score (nSPS) is 14.4. The van der Waals surface area contributed by atoms with E-state index in [0.717, 1.165) is 40.6 Å². The third kappa shape index (κ3) is 3.88. The lowest BCUT2D eigenvalue weighted by atomic mass is 9.91. The van der Waals surface area contributed by atoms with Crippen LogP contribution in [0.1, 0.15) is 31.0 Å². The Morgan fingerprint density at radius 1 is 1.11 bits per heavy atom. The van der Waals surface area contributed by atoms with E-state index in [9.17, 15) is 22.4 Å². The molecule has 0 bridgehead atoms. The number of hydrogen-bond donors (Lipinski definition) is 2. The highest BCUT2D eigenvalue weighted by Gasteiger charge is 2.26. The number of fused-ring (bicyclic) bond motifs is 4. The lowest BCUT2D eigenvalue weighted by molar-refractivity contribution is 0.357. The van der Waals surface area contributed by atoms with E-state index in [1.165, 1.54) is 18.2 Å². The van der Waals surface area contributed by atoms with Gasteiger partial charge in [-0.25, -0.2) is 0 Å². The van der Waals surface area contributed by atoms with E-state index in [1.807, 2.05) is 18.2 Å². The van der Waals surface area contributed by atoms with E-state index < -0.39 is 15.1 Å². The Morgan fingerprint density at radius 3 is 2.55 bits per heavy atom. The Hall–Kier alpha value is -4.00. The Morgan fingerprint density at radius 2 is 1.89 bits per heavy atom. The molecule has 0 aliphatic carbocycles. The maximum Gasteiger partial charge on any atom is 0.332 e. The molecule has 5 aromatic rings. The number of pyridine rings is 1. The smallest absolute Gasteiger partial charge is 0.332 e. The number of H-pyrrole nitrogens is 1. The highest BCUT2D eigenvalue weighted by molar-refractivity contribution is 7.86. The molecule has 0 saturated carbocycles. The van der Waals surface area contributed by atoms with Crippen LogP contribution in [0.4, 0.5) is 3.89 Å². The average molecular weight is 529 g/mol. The molecular weight excluding hydrogens is 503 g/mol. The van der Waals surface area contributed by atoms with Crippen LogP contribution >= 0.6 is 0 Å². The number of aromatic nitrogens is 2. The van der Waals surface area contributed by atoms with Crippen LogP contribution < -0.4 is 10.7 Å². The lowest BCUT2D eigenvalue weighted by Crippen LogP contribution is -2.44. The van der Waals surface area contributed by atoms with Gasteiger partial charge in [0, 0.05) is 29.4 Å². The number of nitrogens with zero attached hydrogens (tertiary/aromatic N) is 2. The van der Waals surface area contributed by atoms with Gasteiger partial charge in [0.15, 0.2) is 5.43 Å².